The van der Waals surface area contributed by atoms with E-state index in [1.165, 1.54) is 6.07 Å². The van der Waals surface area contributed by atoms with Crippen molar-refractivity contribution in [3.63, 3.8) is 0 Å². The lowest BCUT2D eigenvalue weighted by atomic mass is 10.1. The summed E-state index contributed by atoms with van der Waals surface area (Å²) in [4.78, 5) is 10.6. The third kappa shape index (κ3) is 2.19. The maximum Gasteiger partial charge on any atom is 0.302 e. The molecule has 1 atom stereocenters. The van der Waals surface area contributed by atoms with Gasteiger partial charge in [-0.3, -0.25) is 4.31 Å². The molecule has 98 valence electrons. The van der Waals surface area contributed by atoms with Gasteiger partial charge in [-0.2, -0.15) is 13.1 Å². The van der Waals surface area contributed by atoms with Crippen molar-refractivity contribution in [1.82, 2.24) is 4.72 Å². The quantitative estimate of drug-likeness (QED) is 0.767. The fourth-order valence-corrected chi connectivity index (χ4v) is 3.28. The number of nitrogens with zero attached hydrogens (tertiary/aromatic N) is 1. The van der Waals surface area contributed by atoms with Gasteiger partial charge in [-0.25, -0.2) is 0 Å². The molecule has 1 fully saturated rings. The molecule has 2 rings (SSSR count). The van der Waals surface area contributed by atoms with Gasteiger partial charge in [0, 0.05) is 0 Å². The van der Waals surface area contributed by atoms with E-state index < -0.39 is 16.3 Å². The predicted molar refractivity (Wildman–Crippen MR) is 66.7 cm³/mol. The molecule has 0 amide bonds. The van der Waals surface area contributed by atoms with Crippen molar-refractivity contribution < 1.29 is 18.3 Å². The van der Waals surface area contributed by atoms with Crippen LogP contribution in [0.5, 0.6) is 5.75 Å². The van der Waals surface area contributed by atoms with Gasteiger partial charge in [0.15, 0.2) is 0 Å². The van der Waals surface area contributed by atoms with E-state index in [0.29, 0.717) is 6.29 Å². The first-order chi connectivity index (χ1) is 8.47. The predicted octanol–water partition coefficient (Wildman–Crippen LogP) is 0.176. The minimum atomic E-state index is -3.75. The number of aromatic hydroxyl groups is 1. The van der Waals surface area contributed by atoms with Crippen LogP contribution in [0.1, 0.15) is 12.5 Å². The fraction of sp³-hybridized carbons (Fsp3) is 0.364. The number of carbonyl (C=O) groups is 1. The highest BCUT2D eigenvalue weighted by atomic mass is 32.2. The molecule has 0 aromatic heterocycles. The van der Waals surface area contributed by atoms with Crippen LogP contribution < -0.4 is 9.03 Å². The van der Waals surface area contributed by atoms with Crippen molar-refractivity contribution in [2.24, 2.45) is 0 Å². The van der Waals surface area contributed by atoms with E-state index in [2.05, 4.69) is 4.72 Å². The van der Waals surface area contributed by atoms with Crippen LogP contribution in [-0.4, -0.2) is 32.4 Å². The number of aryl methyl sites for hydroxylation is 1. The minimum absolute atomic E-state index is 0.00906. The molecular formula is C11H14N2O4S. The summed E-state index contributed by atoms with van der Waals surface area (Å²) < 4.78 is 26.8. The van der Waals surface area contributed by atoms with Crippen molar-refractivity contribution >= 4 is 22.2 Å². The average molecular weight is 270 g/mol. The van der Waals surface area contributed by atoms with Gasteiger partial charge in [0.05, 0.1) is 18.3 Å². The van der Waals surface area contributed by atoms with Gasteiger partial charge >= 0.3 is 10.2 Å². The van der Waals surface area contributed by atoms with Crippen molar-refractivity contribution in [1.29, 1.82) is 0 Å². The number of hydrogen-bond donors (Lipinski definition) is 2. The molecule has 0 aliphatic carbocycles. The second kappa shape index (κ2) is 4.58. The van der Waals surface area contributed by atoms with Crippen LogP contribution in [0.3, 0.4) is 0 Å². The lowest BCUT2D eigenvalue weighted by Gasteiger charge is -2.17. The molecule has 1 unspecified atom stereocenters. The van der Waals surface area contributed by atoms with Gasteiger partial charge < -0.3 is 9.90 Å². The zero-order chi connectivity index (χ0) is 13.3. The highest BCUT2D eigenvalue weighted by molar-refractivity contribution is 7.91. The van der Waals surface area contributed by atoms with Crippen LogP contribution in [0.2, 0.25) is 0 Å². The van der Waals surface area contributed by atoms with Crippen LogP contribution in [-0.2, 0) is 21.4 Å². The van der Waals surface area contributed by atoms with Gasteiger partial charge in [0.2, 0.25) is 0 Å². The summed E-state index contributed by atoms with van der Waals surface area (Å²) in [6.07, 6.45) is 1.28. The van der Waals surface area contributed by atoms with E-state index in [0.717, 1.165) is 16.3 Å². The van der Waals surface area contributed by atoms with E-state index >= 15 is 0 Å². The molecule has 1 aromatic rings. The van der Waals surface area contributed by atoms with Crippen molar-refractivity contribution in [2.45, 2.75) is 19.4 Å². The summed E-state index contributed by atoms with van der Waals surface area (Å²) >= 11 is 0. The van der Waals surface area contributed by atoms with E-state index in [1.54, 1.807) is 12.1 Å². The summed E-state index contributed by atoms with van der Waals surface area (Å²) in [5.41, 5.74) is 1.09. The number of hydrogen-bond acceptors (Lipinski definition) is 4. The molecule has 1 aliphatic rings. The van der Waals surface area contributed by atoms with Gasteiger partial charge in [-0.15, -0.1) is 0 Å². The highest BCUT2D eigenvalue weighted by Gasteiger charge is 2.36. The Balaban J connectivity index is 2.40. The van der Waals surface area contributed by atoms with Gasteiger partial charge in [0.25, 0.3) is 0 Å². The molecule has 18 heavy (non-hydrogen) atoms. The zero-order valence-corrected chi connectivity index (χ0v) is 10.6. The summed E-state index contributed by atoms with van der Waals surface area (Å²) in [5, 5.41) is 9.85. The lowest BCUT2D eigenvalue weighted by molar-refractivity contribution is -0.108. The van der Waals surface area contributed by atoms with Crippen LogP contribution in [0.25, 0.3) is 0 Å². The maximum absolute atomic E-state index is 11.8. The maximum atomic E-state index is 11.8. The molecule has 0 saturated carbocycles. The third-order valence-electron chi connectivity index (χ3n) is 2.83. The first-order valence-corrected chi connectivity index (χ1v) is 6.99. The molecule has 7 heteroatoms. The number of carbonyl (C=O) groups excluding carboxylic acids is 1. The molecule has 2 N–H and O–H groups in total. The molecule has 1 aliphatic heterocycles. The highest BCUT2D eigenvalue weighted by Crippen LogP contribution is 2.31. The SMILES string of the molecule is CCc1ccc(N2CC(C=O)NS2(=O)=O)c(O)c1. The Hall–Kier alpha value is -1.60. The second-order valence-corrected chi connectivity index (χ2v) is 5.70. The number of aldehydes is 1. The van der Waals surface area contributed by atoms with E-state index in [4.69, 9.17) is 0 Å². The monoisotopic (exact) mass is 270 g/mol. The molecule has 6 nitrogen and oxygen atoms in total. The Morgan fingerprint density at radius 2 is 2.28 bits per heavy atom. The van der Waals surface area contributed by atoms with E-state index in [9.17, 15) is 18.3 Å². The summed E-state index contributed by atoms with van der Waals surface area (Å²) in [7, 11) is -3.75. The van der Waals surface area contributed by atoms with Crippen LogP contribution in [0.15, 0.2) is 18.2 Å². The second-order valence-electron chi connectivity index (χ2n) is 4.07. The summed E-state index contributed by atoms with van der Waals surface area (Å²) in [6.45, 7) is 1.93. The van der Waals surface area contributed by atoms with E-state index in [1.807, 2.05) is 6.92 Å². The Morgan fingerprint density at radius 3 is 2.78 bits per heavy atom. The average Bonchev–Trinajstić information content (AvgIpc) is 2.64. The fourth-order valence-electron chi connectivity index (χ4n) is 1.87. The Bertz CT molecular complexity index is 570. The number of nitrogens with one attached hydrogen (secondary N) is 1. The molecule has 1 saturated heterocycles. The van der Waals surface area contributed by atoms with Gasteiger partial charge in [-0.05, 0) is 24.1 Å². The van der Waals surface area contributed by atoms with Crippen LogP contribution >= 0.6 is 0 Å². The normalized spacial score (nSPS) is 22.1. The first kappa shape index (κ1) is 12.8. The van der Waals surface area contributed by atoms with Crippen molar-refractivity contribution in [3.05, 3.63) is 23.8 Å². The van der Waals surface area contributed by atoms with Crippen LogP contribution in [0, 0.1) is 0 Å². The number of rotatable bonds is 3. The summed E-state index contributed by atoms with van der Waals surface area (Å²) in [5.74, 6) is -0.105. The van der Waals surface area contributed by atoms with Gasteiger partial charge in [0.1, 0.15) is 12.0 Å². The molecule has 1 aromatic carbocycles. The topological polar surface area (TPSA) is 86.7 Å². The molecule has 0 bridgehead atoms. The molecular weight excluding hydrogens is 256 g/mol. The van der Waals surface area contributed by atoms with E-state index in [-0.39, 0.29) is 18.0 Å². The molecule has 0 radical (unpaired) electrons. The van der Waals surface area contributed by atoms with Crippen molar-refractivity contribution in [3.8, 4) is 5.75 Å². The zero-order valence-electron chi connectivity index (χ0n) is 9.83. The summed E-state index contributed by atoms with van der Waals surface area (Å²) in [6, 6.07) is 4.04. The van der Waals surface area contributed by atoms with Crippen molar-refractivity contribution in [2.75, 3.05) is 10.8 Å². The first-order valence-electron chi connectivity index (χ1n) is 5.55. The number of benzene rings is 1. The number of phenolic OH excluding ortho intramolecular Hbond substituents is 1. The lowest BCUT2D eigenvalue weighted by Crippen LogP contribution is -2.30. The molecule has 1 heterocycles. The standard InChI is InChI=1S/C11H14N2O4S/c1-2-8-3-4-10(11(15)5-8)13-6-9(7-14)12-18(13,16)17/h3-5,7,9,12,15H,2,6H2,1H3. The largest absolute Gasteiger partial charge is 0.506 e. The van der Waals surface area contributed by atoms with Gasteiger partial charge in [-0.1, -0.05) is 13.0 Å². The molecule has 0 spiro atoms. The Morgan fingerprint density at radius 1 is 1.56 bits per heavy atom. The smallest absolute Gasteiger partial charge is 0.302 e. The minimum Gasteiger partial charge on any atom is -0.506 e. The Kier molecular flexibility index (Phi) is 3.27. The Labute approximate surface area is 105 Å². The van der Waals surface area contributed by atoms with Crippen LogP contribution in [0.4, 0.5) is 5.69 Å². The number of anilines is 1. The number of phenols is 1. The third-order valence-corrected chi connectivity index (χ3v) is 4.36.